The van der Waals surface area contributed by atoms with E-state index in [2.05, 4.69) is 4.98 Å². The molecule has 0 unspecified atom stereocenters. The second-order valence-corrected chi connectivity index (χ2v) is 5.03. The number of para-hydroxylation sites is 1. The number of aromatic nitrogens is 2. The van der Waals surface area contributed by atoms with Gasteiger partial charge in [-0.25, -0.2) is 9.37 Å². The van der Waals surface area contributed by atoms with Gasteiger partial charge in [-0.05, 0) is 12.1 Å². The number of hydrogen-bond acceptors (Lipinski definition) is 3. The average molecular weight is 306 g/mol. The van der Waals surface area contributed by atoms with Crippen molar-refractivity contribution in [3.05, 3.63) is 52.8 Å². The molecule has 0 radical (unpaired) electrons. The largest absolute Gasteiger partial charge is 0.496 e. The number of methoxy groups -OCH3 is 1. The Morgan fingerprint density at radius 3 is 2.86 bits per heavy atom. The molecule has 0 bridgehead atoms. The van der Waals surface area contributed by atoms with Crippen LogP contribution in [0.4, 0.5) is 10.3 Å². The first-order valence-electron chi connectivity index (χ1n) is 6.33. The highest BCUT2D eigenvalue weighted by Crippen LogP contribution is 2.27. The number of imidazole rings is 1. The lowest BCUT2D eigenvalue weighted by molar-refractivity contribution is 0.408. The van der Waals surface area contributed by atoms with Crippen LogP contribution in [0.2, 0.25) is 5.02 Å². The van der Waals surface area contributed by atoms with Crippen molar-refractivity contribution >= 4 is 28.6 Å². The Morgan fingerprint density at radius 1 is 1.33 bits per heavy atom. The van der Waals surface area contributed by atoms with E-state index in [1.54, 1.807) is 11.7 Å². The van der Waals surface area contributed by atoms with Crippen LogP contribution in [-0.2, 0) is 6.54 Å². The summed E-state index contributed by atoms with van der Waals surface area (Å²) in [5, 5.41) is 0.0451. The van der Waals surface area contributed by atoms with Gasteiger partial charge in [0.15, 0.2) is 0 Å². The van der Waals surface area contributed by atoms with Gasteiger partial charge in [-0.3, -0.25) is 0 Å². The fraction of sp³-hybridized carbons (Fsp3) is 0.133. The van der Waals surface area contributed by atoms with Gasteiger partial charge < -0.3 is 15.0 Å². The Hall–Kier alpha value is -2.27. The van der Waals surface area contributed by atoms with Gasteiger partial charge >= 0.3 is 0 Å². The molecule has 0 amide bonds. The van der Waals surface area contributed by atoms with E-state index in [1.165, 1.54) is 12.1 Å². The van der Waals surface area contributed by atoms with Crippen LogP contribution in [0, 0.1) is 5.82 Å². The highest BCUT2D eigenvalue weighted by molar-refractivity contribution is 6.31. The first kappa shape index (κ1) is 13.7. The molecule has 1 heterocycles. The van der Waals surface area contributed by atoms with Crippen molar-refractivity contribution in [3.63, 3.8) is 0 Å². The van der Waals surface area contributed by atoms with Crippen LogP contribution in [0.5, 0.6) is 5.75 Å². The van der Waals surface area contributed by atoms with Crippen LogP contribution in [0.25, 0.3) is 11.0 Å². The van der Waals surface area contributed by atoms with Crippen molar-refractivity contribution in [2.75, 3.05) is 12.8 Å². The maximum Gasteiger partial charge on any atom is 0.201 e. The van der Waals surface area contributed by atoms with E-state index in [9.17, 15) is 4.39 Å². The minimum atomic E-state index is -0.508. The van der Waals surface area contributed by atoms with E-state index < -0.39 is 5.82 Å². The maximum absolute atomic E-state index is 13.5. The molecular weight excluding hydrogens is 293 g/mol. The molecule has 0 saturated carbocycles. The summed E-state index contributed by atoms with van der Waals surface area (Å²) < 4.78 is 20.6. The van der Waals surface area contributed by atoms with E-state index >= 15 is 0 Å². The summed E-state index contributed by atoms with van der Waals surface area (Å²) in [4.78, 5) is 4.17. The zero-order valence-corrected chi connectivity index (χ0v) is 12.1. The minimum absolute atomic E-state index is 0.0451. The third-order valence-corrected chi connectivity index (χ3v) is 3.63. The van der Waals surface area contributed by atoms with E-state index in [0.29, 0.717) is 23.5 Å². The molecule has 1 aromatic heterocycles. The lowest BCUT2D eigenvalue weighted by Crippen LogP contribution is -2.05. The Kier molecular flexibility index (Phi) is 3.43. The number of nitrogens with zero attached hydrogens (tertiary/aromatic N) is 2. The number of fused-ring (bicyclic) bond motifs is 1. The van der Waals surface area contributed by atoms with Crippen LogP contribution in [0.1, 0.15) is 5.56 Å². The van der Waals surface area contributed by atoms with Gasteiger partial charge in [-0.2, -0.15) is 0 Å². The van der Waals surface area contributed by atoms with Crippen molar-refractivity contribution in [2.24, 2.45) is 0 Å². The lowest BCUT2D eigenvalue weighted by Gasteiger charge is -2.11. The lowest BCUT2D eigenvalue weighted by atomic mass is 10.2. The van der Waals surface area contributed by atoms with Crippen molar-refractivity contribution in [3.8, 4) is 5.75 Å². The number of nitrogens with two attached hydrogens (primary N) is 1. The first-order chi connectivity index (χ1) is 10.1. The number of ether oxygens (including phenoxy) is 1. The second-order valence-electron chi connectivity index (χ2n) is 4.62. The molecular formula is C15H13ClFN3O. The van der Waals surface area contributed by atoms with E-state index in [-0.39, 0.29) is 5.02 Å². The predicted octanol–water partition coefficient (Wildman–Crippen LogP) is 3.47. The Bertz CT molecular complexity index is 816. The topological polar surface area (TPSA) is 53.1 Å². The second kappa shape index (κ2) is 5.26. The van der Waals surface area contributed by atoms with Crippen LogP contribution < -0.4 is 10.5 Å². The van der Waals surface area contributed by atoms with Gasteiger partial charge in [0, 0.05) is 11.6 Å². The summed E-state index contributed by atoms with van der Waals surface area (Å²) >= 11 is 5.85. The molecule has 6 heteroatoms. The van der Waals surface area contributed by atoms with Gasteiger partial charge in [0.05, 0.1) is 29.7 Å². The average Bonchev–Trinajstić information content (AvgIpc) is 2.76. The number of anilines is 1. The van der Waals surface area contributed by atoms with E-state index in [1.807, 2.05) is 24.3 Å². The number of halogens is 2. The fourth-order valence-corrected chi connectivity index (χ4v) is 2.47. The molecule has 0 spiro atoms. The van der Waals surface area contributed by atoms with Crippen molar-refractivity contribution in [2.45, 2.75) is 6.54 Å². The molecule has 0 fully saturated rings. The molecule has 0 atom stereocenters. The Labute approximate surface area is 125 Å². The number of rotatable bonds is 3. The SMILES string of the molecule is COc1ccccc1Cn1c(N)nc2cc(F)c(Cl)cc21. The molecule has 0 aliphatic carbocycles. The first-order valence-corrected chi connectivity index (χ1v) is 6.70. The summed E-state index contributed by atoms with van der Waals surface area (Å²) in [6.45, 7) is 0.467. The number of hydrogen-bond donors (Lipinski definition) is 1. The summed E-state index contributed by atoms with van der Waals surface area (Å²) in [7, 11) is 1.61. The molecule has 4 nitrogen and oxygen atoms in total. The monoisotopic (exact) mass is 305 g/mol. The standard InChI is InChI=1S/C15H13ClFN3O/c1-21-14-5-3-2-4-9(14)8-20-13-6-10(16)11(17)7-12(13)19-15(20)18/h2-7H,8H2,1H3,(H2,18,19). The number of benzene rings is 2. The van der Waals surface area contributed by atoms with Crippen LogP contribution in [-0.4, -0.2) is 16.7 Å². The molecule has 21 heavy (non-hydrogen) atoms. The van der Waals surface area contributed by atoms with E-state index in [4.69, 9.17) is 22.1 Å². The molecule has 0 saturated heterocycles. The van der Waals surface area contributed by atoms with Crippen LogP contribution in [0.15, 0.2) is 36.4 Å². The van der Waals surface area contributed by atoms with Gasteiger partial charge in [-0.1, -0.05) is 29.8 Å². The molecule has 2 N–H and O–H groups in total. The zero-order chi connectivity index (χ0) is 15.0. The molecule has 3 rings (SSSR count). The smallest absolute Gasteiger partial charge is 0.201 e. The summed E-state index contributed by atoms with van der Waals surface area (Å²) in [6.07, 6.45) is 0. The fourth-order valence-electron chi connectivity index (χ4n) is 2.31. The molecule has 0 aliphatic heterocycles. The van der Waals surface area contributed by atoms with Gasteiger partial charge in [0.1, 0.15) is 11.6 Å². The van der Waals surface area contributed by atoms with Crippen molar-refractivity contribution < 1.29 is 9.13 Å². The van der Waals surface area contributed by atoms with Crippen molar-refractivity contribution in [1.82, 2.24) is 9.55 Å². The van der Waals surface area contributed by atoms with Crippen LogP contribution in [0.3, 0.4) is 0 Å². The molecule has 108 valence electrons. The molecule has 0 aliphatic rings. The molecule has 2 aromatic carbocycles. The predicted molar refractivity (Wildman–Crippen MR) is 81.2 cm³/mol. The van der Waals surface area contributed by atoms with Gasteiger partial charge in [0.25, 0.3) is 0 Å². The summed E-state index contributed by atoms with van der Waals surface area (Å²) in [5.74, 6) is 0.552. The van der Waals surface area contributed by atoms with E-state index in [0.717, 1.165) is 11.3 Å². The Balaban J connectivity index is 2.12. The van der Waals surface area contributed by atoms with Crippen molar-refractivity contribution in [1.29, 1.82) is 0 Å². The summed E-state index contributed by atoms with van der Waals surface area (Å²) in [6, 6.07) is 10.4. The highest BCUT2D eigenvalue weighted by Gasteiger charge is 2.13. The Morgan fingerprint density at radius 2 is 2.10 bits per heavy atom. The number of nitrogen functional groups attached to an aromatic ring is 1. The normalized spacial score (nSPS) is 11.0. The maximum atomic E-state index is 13.5. The van der Waals surface area contributed by atoms with Gasteiger partial charge in [-0.15, -0.1) is 0 Å². The van der Waals surface area contributed by atoms with Crippen LogP contribution >= 0.6 is 11.6 Å². The highest BCUT2D eigenvalue weighted by atomic mass is 35.5. The quantitative estimate of drug-likeness (QED) is 0.806. The summed E-state index contributed by atoms with van der Waals surface area (Å²) in [5.41, 5.74) is 8.05. The van der Waals surface area contributed by atoms with Gasteiger partial charge in [0.2, 0.25) is 5.95 Å². The third-order valence-electron chi connectivity index (χ3n) is 3.34. The minimum Gasteiger partial charge on any atom is -0.496 e. The molecule has 3 aromatic rings. The zero-order valence-electron chi connectivity index (χ0n) is 11.3. The third kappa shape index (κ3) is 2.40.